The molecule has 0 aliphatic rings. The average molecular weight is 338 g/mol. The highest BCUT2D eigenvalue weighted by atomic mass is 127. The summed E-state index contributed by atoms with van der Waals surface area (Å²) in [6, 6.07) is 3.13. The fourth-order valence-corrected chi connectivity index (χ4v) is 1.60. The van der Waals surface area contributed by atoms with Crippen LogP contribution in [0, 0.1) is 3.57 Å². The molecule has 0 bridgehead atoms. The lowest BCUT2D eigenvalue weighted by Crippen LogP contribution is -2.18. The van der Waals surface area contributed by atoms with Crippen LogP contribution < -0.4 is 4.74 Å². The zero-order valence-corrected chi connectivity index (χ0v) is 9.14. The Morgan fingerprint density at radius 1 is 1.20 bits per heavy atom. The molecule has 0 spiro atoms. The lowest BCUT2D eigenvalue weighted by atomic mass is 10.2. The molecule has 0 aliphatic heterocycles. The van der Waals surface area contributed by atoms with E-state index in [9.17, 15) is 22.0 Å². The van der Waals surface area contributed by atoms with Crippen molar-refractivity contribution in [2.45, 2.75) is 12.8 Å². The summed E-state index contributed by atoms with van der Waals surface area (Å²) in [5.74, 6) is -0.610. The molecule has 0 atom stereocenters. The first kappa shape index (κ1) is 12.5. The molecule has 0 amide bonds. The van der Waals surface area contributed by atoms with E-state index in [4.69, 9.17) is 0 Å². The highest BCUT2D eigenvalue weighted by Crippen LogP contribution is 2.33. The van der Waals surface area contributed by atoms with E-state index >= 15 is 0 Å². The first-order chi connectivity index (χ1) is 6.81. The van der Waals surface area contributed by atoms with Crippen molar-refractivity contribution in [1.29, 1.82) is 0 Å². The predicted molar refractivity (Wildman–Crippen MR) is 50.8 cm³/mol. The molecule has 7 heteroatoms. The van der Waals surface area contributed by atoms with Crippen LogP contribution in [0.2, 0.25) is 0 Å². The van der Waals surface area contributed by atoms with Crippen LogP contribution >= 0.6 is 22.6 Å². The van der Waals surface area contributed by atoms with E-state index in [1.54, 1.807) is 0 Å². The summed E-state index contributed by atoms with van der Waals surface area (Å²) in [6.45, 7) is 0. The Morgan fingerprint density at radius 3 is 2.27 bits per heavy atom. The maximum atomic E-state index is 12.3. The Kier molecular flexibility index (Phi) is 3.74. The molecule has 0 fully saturated rings. The van der Waals surface area contributed by atoms with Gasteiger partial charge in [0, 0.05) is 5.56 Å². The molecule has 1 rings (SSSR count). The first-order valence-corrected chi connectivity index (χ1v) is 4.71. The largest absolute Gasteiger partial charge is 0.573 e. The topological polar surface area (TPSA) is 9.23 Å². The van der Waals surface area contributed by atoms with Crippen molar-refractivity contribution in [3.8, 4) is 5.75 Å². The summed E-state index contributed by atoms with van der Waals surface area (Å²) in [4.78, 5) is 0. The van der Waals surface area contributed by atoms with Gasteiger partial charge < -0.3 is 4.74 Å². The highest BCUT2D eigenvalue weighted by Gasteiger charge is 2.32. The summed E-state index contributed by atoms with van der Waals surface area (Å²) in [6.07, 6.45) is -7.70. The maximum Gasteiger partial charge on any atom is 0.573 e. The van der Waals surface area contributed by atoms with E-state index in [1.165, 1.54) is 22.6 Å². The second kappa shape index (κ2) is 4.50. The molecule has 1 nitrogen and oxygen atoms in total. The minimum Gasteiger partial charge on any atom is -0.405 e. The highest BCUT2D eigenvalue weighted by molar-refractivity contribution is 14.1. The number of hydrogen-bond acceptors (Lipinski definition) is 1. The summed E-state index contributed by atoms with van der Waals surface area (Å²) < 4.78 is 63.5. The van der Waals surface area contributed by atoms with Gasteiger partial charge in [-0.3, -0.25) is 0 Å². The van der Waals surface area contributed by atoms with Crippen molar-refractivity contribution in [1.82, 2.24) is 0 Å². The van der Waals surface area contributed by atoms with Gasteiger partial charge in [-0.1, -0.05) is 12.1 Å². The number of rotatable bonds is 2. The van der Waals surface area contributed by atoms with Crippen molar-refractivity contribution < 1.29 is 26.7 Å². The fraction of sp³-hybridized carbons (Fsp3) is 0.250. The summed E-state index contributed by atoms with van der Waals surface area (Å²) >= 11 is 1.39. The number of halogens is 6. The fourth-order valence-electron chi connectivity index (χ4n) is 0.900. The van der Waals surface area contributed by atoms with E-state index in [1.807, 2.05) is 0 Å². The number of alkyl halides is 5. The second-order valence-corrected chi connectivity index (χ2v) is 3.59. The van der Waals surface area contributed by atoms with Crippen LogP contribution in [0.3, 0.4) is 0 Å². The summed E-state index contributed by atoms with van der Waals surface area (Å²) in [5, 5.41) is 0. The van der Waals surface area contributed by atoms with Crippen LogP contribution in [0.4, 0.5) is 22.0 Å². The summed E-state index contributed by atoms with van der Waals surface area (Å²) in [5.41, 5.74) is -0.475. The molecular weight excluding hydrogens is 334 g/mol. The van der Waals surface area contributed by atoms with Crippen LogP contribution in [-0.4, -0.2) is 6.36 Å². The monoisotopic (exact) mass is 338 g/mol. The number of benzene rings is 1. The van der Waals surface area contributed by atoms with Gasteiger partial charge >= 0.3 is 6.36 Å². The molecule has 0 N–H and O–H groups in total. The molecule has 1 aromatic carbocycles. The van der Waals surface area contributed by atoms with Gasteiger partial charge in [0.15, 0.2) is 0 Å². The van der Waals surface area contributed by atoms with Gasteiger partial charge in [0.1, 0.15) is 5.75 Å². The number of hydrogen-bond donors (Lipinski definition) is 0. The van der Waals surface area contributed by atoms with E-state index < -0.39 is 24.1 Å². The predicted octanol–water partition coefficient (Wildman–Crippen LogP) is 4.13. The SMILES string of the molecule is FC(F)c1cccc(OC(F)(F)F)c1I. The Balaban J connectivity index is 3.05. The third-order valence-corrected chi connectivity index (χ3v) is 2.61. The van der Waals surface area contributed by atoms with Gasteiger partial charge in [-0.25, -0.2) is 8.78 Å². The van der Waals surface area contributed by atoms with Crippen molar-refractivity contribution in [3.63, 3.8) is 0 Å². The standard InChI is InChI=1S/C8H4F5IO/c9-7(10)4-2-1-3-5(6(4)14)15-8(11,12)13/h1-3,7H. The maximum absolute atomic E-state index is 12.3. The molecule has 0 unspecified atom stereocenters. The number of ether oxygens (including phenoxy) is 1. The molecule has 15 heavy (non-hydrogen) atoms. The normalized spacial score (nSPS) is 11.9. The summed E-state index contributed by atoms with van der Waals surface area (Å²) in [7, 11) is 0. The Morgan fingerprint density at radius 2 is 1.80 bits per heavy atom. The molecule has 0 saturated carbocycles. The third-order valence-electron chi connectivity index (χ3n) is 1.45. The molecule has 0 aliphatic carbocycles. The van der Waals surface area contributed by atoms with E-state index in [0.717, 1.165) is 18.2 Å². The van der Waals surface area contributed by atoms with Gasteiger partial charge in [-0.2, -0.15) is 0 Å². The molecule has 0 heterocycles. The van der Waals surface area contributed by atoms with Gasteiger partial charge in [-0.15, -0.1) is 13.2 Å². The lowest BCUT2D eigenvalue weighted by molar-refractivity contribution is -0.275. The smallest absolute Gasteiger partial charge is 0.405 e. The third kappa shape index (κ3) is 3.47. The van der Waals surface area contributed by atoms with Crippen molar-refractivity contribution in [2.75, 3.05) is 0 Å². The van der Waals surface area contributed by atoms with Gasteiger partial charge in [0.2, 0.25) is 0 Å². The van der Waals surface area contributed by atoms with E-state index in [2.05, 4.69) is 4.74 Å². The minimum absolute atomic E-state index is 0.234. The van der Waals surface area contributed by atoms with Crippen molar-refractivity contribution >= 4 is 22.6 Å². The second-order valence-electron chi connectivity index (χ2n) is 2.51. The minimum atomic E-state index is -4.87. The van der Waals surface area contributed by atoms with Crippen LogP contribution in [0.15, 0.2) is 18.2 Å². The molecule has 1 aromatic rings. The van der Waals surface area contributed by atoms with Gasteiger partial charge in [-0.05, 0) is 28.7 Å². The van der Waals surface area contributed by atoms with Crippen LogP contribution in [0.1, 0.15) is 12.0 Å². The average Bonchev–Trinajstić information content (AvgIpc) is 2.05. The van der Waals surface area contributed by atoms with Crippen LogP contribution in [0.25, 0.3) is 0 Å². The van der Waals surface area contributed by atoms with Crippen molar-refractivity contribution in [2.24, 2.45) is 0 Å². The van der Waals surface area contributed by atoms with E-state index in [0.29, 0.717) is 0 Å². The lowest BCUT2D eigenvalue weighted by Gasteiger charge is -2.12. The quantitative estimate of drug-likeness (QED) is 0.582. The Labute approximate surface area is 95.4 Å². The molecule has 0 aromatic heterocycles. The Bertz CT molecular complexity index is 349. The molecule has 0 saturated heterocycles. The van der Waals surface area contributed by atoms with Gasteiger partial charge in [0.25, 0.3) is 6.43 Å². The molecule has 84 valence electrons. The van der Waals surface area contributed by atoms with Crippen LogP contribution in [0.5, 0.6) is 5.75 Å². The van der Waals surface area contributed by atoms with E-state index in [-0.39, 0.29) is 3.57 Å². The first-order valence-electron chi connectivity index (χ1n) is 3.63. The Hall–Kier alpha value is -0.600. The zero-order chi connectivity index (χ0) is 11.6. The van der Waals surface area contributed by atoms with Crippen LogP contribution in [-0.2, 0) is 0 Å². The zero-order valence-electron chi connectivity index (χ0n) is 6.99. The molecule has 0 radical (unpaired) electrons. The van der Waals surface area contributed by atoms with Crippen molar-refractivity contribution in [3.05, 3.63) is 27.3 Å². The molecular formula is C8H4F5IO. The van der Waals surface area contributed by atoms with Gasteiger partial charge in [0.05, 0.1) is 3.57 Å².